The van der Waals surface area contributed by atoms with Gasteiger partial charge in [-0.1, -0.05) is 0 Å². The Hall–Kier alpha value is -1.37. The Morgan fingerprint density at radius 2 is 2.43 bits per heavy atom. The van der Waals surface area contributed by atoms with Crippen LogP contribution in [-0.4, -0.2) is 66.8 Å². The molecule has 1 aliphatic heterocycles. The number of aliphatic hydroxyl groups is 1. The number of amides is 1. The summed E-state index contributed by atoms with van der Waals surface area (Å²) in [5.74, 6) is 0.847. The van der Waals surface area contributed by atoms with Crippen LogP contribution in [0.2, 0.25) is 0 Å². The van der Waals surface area contributed by atoms with Crippen molar-refractivity contribution in [3.8, 4) is 0 Å². The van der Waals surface area contributed by atoms with E-state index in [-0.39, 0.29) is 18.6 Å². The maximum atomic E-state index is 12.1. The second kappa shape index (κ2) is 7.59. The summed E-state index contributed by atoms with van der Waals surface area (Å²) in [6.45, 7) is 1.89. The van der Waals surface area contributed by atoms with E-state index >= 15 is 0 Å². The number of likely N-dealkylation sites (N-methyl/N-ethyl adjacent to an activating group) is 1. The number of hydrogen-bond acceptors (Lipinski definition) is 5. The Balaban J connectivity index is 1.73. The summed E-state index contributed by atoms with van der Waals surface area (Å²) in [4.78, 5) is 15.7. The number of ether oxygens (including phenoxy) is 1. The lowest BCUT2D eigenvalue weighted by Gasteiger charge is -2.27. The summed E-state index contributed by atoms with van der Waals surface area (Å²) < 4.78 is 10.6. The van der Waals surface area contributed by atoms with E-state index in [2.05, 4.69) is 0 Å². The van der Waals surface area contributed by atoms with E-state index in [0.717, 1.165) is 25.1 Å². The van der Waals surface area contributed by atoms with Crippen LogP contribution in [0.1, 0.15) is 18.6 Å². The number of β-amino-alcohol motifs (C(OH)–C–C–N with tert-alkyl or cyclic N) is 1. The second-order valence-electron chi connectivity index (χ2n) is 5.63. The molecule has 1 saturated heterocycles. The molecule has 21 heavy (non-hydrogen) atoms. The summed E-state index contributed by atoms with van der Waals surface area (Å²) in [5.41, 5.74) is 0. The fourth-order valence-electron chi connectivity index (χ4n) is 2.64. The highest BCUT2D eigenvalue weighted by Crippen LogP contribution is 2.19. The molecule has 0 aliphatic carbocycles. The maximum Gasteiger partial charge on any atom is 0.239 e. The van der Waals surface area contributed by atoms with Gasteiger partial charge in [-0.25, -0.2) is 0 Å². The Morgan fingerprint density at radius 1 is 1.62 bits per heavy atom. The van der Waals surface area contributed by atoms with Gasteiger partial charge in [0.05, 0.1) is 25.0 Å². The van der Waals surface area contributed by atoms with Gasteiger partial charge in [-0.2, -0.15) is 0 Å². The number of nitrogens with zero attached hydrogens (tertiary/aromatic N) is 2. The minimum Gasteiger partial charge on any atom is -0.467 e. The van der Waals surface area contributed by atoms with E-state index in [4.69, 9.17) is 9.15 Å². The van der Waals surface area contributed by atoms with Crippen molar-refractivity contribution < 1.29 is 19.1 Å². The third-order valence-corrected chi connectivity index (χ3v) is 3.67. The average Bonchev–Trinajstić information content (AvgIpc) is 3.09. The lowest BCUT2D eigenvalue weighted by atomic mass is 10.2. The molecule has 0 spiro atoms. The highest BCUT2D eigenvalue weighted by molar-refractivity contribution is 5.81. The molecule has 6 heteroatoms. The molecule has 0 aromatic carbocycles. The largest absolute Gasteiger partial charge is 0.467 e. The molecule has 1 amide bonds. The van der Waals surface area contributed by atoms with Gasteiger partial charge in [0.15, 0.2) is 0 Å². The predicted octanol–water partition coefficient (Wildman–Crippen LogP) is 0.710. The van der Waals surface area contributed by atoms with E-state index in [1.165, 1.54) is 0 Å². The van der Waals surface area contributed by atoms with Gasteiger partial charge in [-0.05, 0) is 31.5 Å². The lowest BCUT2D eigenvalue weighted by Crippen LogP contribution is -2.46. The van der Waals surface area contributed by atoms with Crippen LogP contribution in [-0.2, 0) is 16.1 Å². The first kappa shape index (κ1) is 16.0. The van der Waals surface area contributed by atoms with Crippen molar-refractivity contribution in [3.05, 3.63) is 24.2 Å². The smallest absolute Gasteiger partial charge is 0.239 e. The van der Waals surface area contributed by atoms with Crippen LogP contribution >= 0.6 is 0 Å². The summed E-state index contributed by atoms with van der Waals surface area (Å²) >= 11 is 0. The van der Waals surface area contributed by atoms with E-state index in [9.17, 15) is 9.90 Å². The number of rotatable bonds is 7. The first-order valence-corrected chi connectivity index (χ1v) is 7.31. The van der Waals surface area contributed by atoms with Crippen molar-refractivity contribution in [1.29, 1.82) is 0 Å². The summed E-state index contributed by atoms with van der Waals surface area (Å²) in [6.07, 6.45) is 2.84. The molecule has 1 aliphatic rings. The topological polar surface area (TPSA) is 66.2 Å². The Labute approximate surface area is 125 Å². The summed E-state index contributed by atoms with van der Waals surface area (Å²) in [6, 6.07) is 3.52. The Morgan fingerprint density at radius 3 is 3.10 bits per heavy atom. The molecular weight excluding hydrogens is 272 g/mol. The van der Waals surface area contributed by atoms with E-state index < -0.39 is 6.10 Å². The quantitative estimate of drug-likeness (QED) is 0.803. The number of aliphatic hydroxyl groups excluding tert-OH is 1. The van der Waals surface area contributed by atoms with Gasteiger partial charge in [0.25, 0.3) is 0 Å². The first-order valence-electron chi connectivity index (χ1n) is 7.31. The zero-order valence-electron chi connectivity index (χ0n) is 12.7. The lowest BCUT2D eigenvalue weighted by molar-refractivity contribution is -0.134. The first-order chi connectivity index (χ1) is 10.1. The van der Waals surface area contributed by atoms with E-state index in [1.807, 2.05) is 11.0 Å². The van der Waals surface area contributed by atoms with Crippen molar-refractivity contribution >= 4 is 5.91 Å². The average molecular weight is 296 g/mol. The van der Waals surface area contributed by atoms with Crippen molar-refractivity contribution in [1.82, 2.24) is 9.80 Å². The van der Waals surface area contributed by atoms with Crippen molar-refractivity contribution in [3.63, 3.8) is 0 Å². The third kappa shape index (κ3) is 4.56. The molecule has 0 bridgehead atoms. The molecule has 118 valence electrons. The maximum absolute atomic E-state index is 12.1. The molecule has 2 heterocycles. The molecule has 1 aromatic rings. The molecule has 1 aromatic heterocycles. The normalized spacial score (nSPS) is 20.6. The molecule has 2 atom stereocenters. The second-order valence-corrected chi connectivity index (χ2v) is 5.63. The van der Waals surface area contributed by atoms with Gasteiger partial charge >= 0.3 is 0 Å². The van der Waals surface area contributed by atoms with Crippen molar-refractivity contribution in [2.45, 2.75) is 31.6 Å². The number of carbonyl (C=O) groups excluding carboxylic acids is 1. The molecule has 0 radical (unpaired) electrons. The number of carbonyl (C=O) groups is 1. The zero-order chi connectivity index (χ0) is 15.2. The molecule has 6 nitrogen and oxygen atoms in total. The Bertz CT molecular complexity index is 433. The van der Waals surface area contributed by atoms with Crippen LogP contribution < -0.4 is 0 Å². The van der Waals surface area contributed by atoms with Crippen LogP contribution in [0.4, 0.5) is 0 Å². The molecule has 0 saturated carbocycles. The summed E-state index contributed by atoms with van der Waals surface area (Å²) in [7, 11) is 3.53. The van der Waals surface area contributed by atoms with Gasteiger partial charge in [0.2, 0.25) is 5.91 Å². The van der Waals surface area contributed by atoms with E-state index in [0.29, 0.717) is 13.2 Å². The number of furan rings is 1. The number of hydrogen-bond donors (Lipinski definition) is 1. The van der Waals surface area contributed by atoms with Crippen molar-refractivity contribution in [2.75, 3.05) is 33.8 Å². The molecule has 2 rings (SSSR count). The van der Waals surface area contributed by atoms with Gasteiger partial charge in [0.1, 0.15) is 12.4 Å². The van der Waals surface area contributed by atoms with Crippen molar-refractivity contribution in [2.24, 2.45) is 0 Å². The summed E-state index contributed by atoms with van der Waals surface area (Å²) in [5, 5.41) is 10.1. The fraction of sp³-hybridized carbons (Fsp3) is 0.667. The third-order valence-electron chi connectivity index (χ3n) is 3.67. The van der Waals surface area contributed by atoms with Gasteiger partial charge < -0.3 is 19.2 Å². The van der Waals surface area contributed by atoms with E-state index in [1.54, 1.807) is 31.3 Å². The number of likely N-dealkylation sites (tertiary alicyclic amines) is 1. The minimum atomic E-state index is -0.601. The molecular formula is C15H24N2O4. The fourth-order valence-corrected chi connectivity index (χ4v) is 2.64. The van der Waals surface area contributed by atoms with Crippen LogP contribution in [0.25, 0.3) is 0 Å². The molecule has 1 N–H and O–H groups in total. The standard InChI is InChI=1S/C15H24N2O4/c1-16(2)15(19)14-6-3-7-17(14)9-12(18)10-20-11-13-5-4-8-21-13/h4-5,8,12,14,18H,3,6-7,9-11H2,1-2H3. The van der Waals surface area contributed by atoms with Crippen LogP contribution in [0.3, 0.4) is 0 Å². The highest BCUT2D eigenvalue weighted by Gasteiger charge is 2.32. The molecule has 2 unspecified atom stereocenters. The Kier molecular flexibility index (Phi) is 5.78. The van der Waals surface area contributed by atoms with Crippen LogP contribution in [0.5, 0.6) is 0 Å². The van der Waals surface area contributed by atoms with Gasteiger partial charge in [0, 0.05) is 20.6 Å². The van der Waals surface area contributed by atoms with Gasteiger partial charge in [-0.3, -0.25) is 9.69 Å². The van der Waals surface area contributed by atoms with Crippen LogP contribution in [0.15, 0.2) is 22.8 Å². The van der Waals surface area contributed by atoms with Crippen LogP contribution in [0, 0.1) is 0 Å². The monoisotopic (exact) mass is 296 g/mol. The highest BCUT2D eigenvalue weighted by atomic mass is 16.5. The van der Waals surface area contributed by atoms with Gasteiger partial charge in [-0.15, -0.1) is 0 Å². The zero-order valence-corrected chi connectivity index (χ0v) is 12.7. The SMILES string of the molecule is CN(C)C(=O)C1CCCN1CC(O)COCc1ccco1. The molecule has 1 fully saturated rings. The minimum absolute atomic E-state index is 0.108. The predicted molar refractivity (Wildman–Crippen MR) is 77.7 cm³/mol.